The van der Waals surface area contributed by atoms with Gasteiger partial charge in [-0.05, 0) is 65.4 Å². The smallest absolute Gasteiger partial charge is 0.246 e. The summed E-state index contributed by atoms with van der Waals surface area (Å²) in [5.74, 6) is -1.95. The Balaban J connectivity index is 1.62. The molecule has 192 valence electrons. The molecule has 0 aliphatic carbocycles. The van der Waals surface area contributed by atoms with Crippen molar-refractivity contribution in [3.8, 4) is 0 Å². The van der Waals surface area contributed by atoms with Crippen molar-refractivity contribution in [3.63, 3.8) is 0 Å². The second kappa shape index (κ2) is 9.54. The molecule has 8 nitrogen and oxygen atoms in total. The van der Waals surface area contributed by atoms with Crippen LogP contribution in [0.5, 0.6) is 0 Å². The first-order valence-electron chi connectivity index (χ1n) is 12.8. The number of rotatable bonds is 9. The van der Waals surface area contributed by atoms with Gasteiger partial charge >= 0.3 is 0 Å². The summed E-state index contributed by atoms with van der Waals surface area (Å²) in [6.45, 7) is 8.52. The maximum atomic E-state index is 13.9. The van der Waals surface area contributed by atoms with Gasteiger partial charge in [-0.2, -0.15) is 0 Å². The van der Waals surface area contributed by atoms with Crippen molar-refractivity contribution in [2.45, 2.75) is 89.1 Å². The Bertz CT molecular complexity index is 961. The molecule has 0 radical (unpaired) electrons. The highest BCUT2D eigenvalue weighted by molar-refractivity contribution is 5.99. The summed E-state index contributed by atoms with van der Waals surface area (Å²) in [6, 6.07) is 8.89. The van der Waals surface area contributed by atoms with Crippen LogP contribution in [0.25, 0.3) is 0 Å². The summed E-state index contributed by atoms with van der Waals surface area (Å²) in [7, 11) is 0. The number of nitrogens with zero attached hydrogens (tertiary/aromatic N) is 1. The maximum absolute atomic E-state index is 13.9. The van der Waals surface area contributed by atoms with Crippen molar-refractivity contribution in [2.75, 3.05) is 13.2 Å². The minimum atomic E-state index is -1.01. The molecule has 3 N–H and O–H groups in total. The molecule has 3 aliphatic rings. The molecule has 1 spiro atoms. The third-order valence-electron chi connectivity index (χ3n) is 7.67. The van der Waals surface area contributed by atoms with Crippen molar-refractivity contribution in [2.24, 2.45) is 11.8 Å². The number of ether oxygens (including phenoxy) is 1. The summed E-state index contributed by atoms with van der Waals surface area (Å²) in [4.78, 5) is 42.6. The Hall–Kier alpha value is -2.45. The number of carbonyl (C=O) groups is 3. The number of hydrogen-bond donors (Lipinski definition) is 3. The number of likely N-dealkylation sites (tertiary alicyclic amines) is 1. The number of unbranched alkanes of at least 4 members (excludes halogenated alkanes) is 2. The van der Waals surface area contributed by atoms with E-state index in [0.29, 0.717) is 38.8 Å². The van der Waals surface area contributed by atoms with Crippen LogP contribution in [-0.4, -0.2) is 63.7 Å². The van der Waals surface area contributed by atoms with Crippen molar-refractivity contribution >= 4 is 17.7 Å². The molecule has 3 aliphatic heterocycles. The Morgan fingerprint density at radius 3 is 2.49 bits per heavy atom. The Morgan fingerprint density at radius 1 is 1.11 bits per heavy atom. The van der Waals surface area contributed by atoms with E-state index in [1.165, 1.54) is 0 Å². The van der Waals surface area contributed by atoms with Gasteiger partial charge in [-0.25, -0.2) is 0 Å². The third kappa shape index (κ3) is 4.70. The monoisotopic (exact) mass is 485 g/mol. The van der Waals surface area contributed by atoms with Crippen LogP contribution in [0.2, 0.25) is 0 Å². The minimum Gasteiger partial charge on any atom is -0.396 e. The minimum absolute atomic E-state index is 0.0968. The van der Waals surface area contributed by atoms with Crippen LogP contribution in [-0.2, 0) is 25.7 Å². The van der Waals surface area contributed by atoms with Gasteiger partial charge in [0.1, 0.15) is 11.6 Å². The van der Waals surface area contributed by atoms with E-state index < -0.39 is 34.6 Å². The number of benzene rings is 1. The first kappa shape index (κ1) is 25.6. The van der Waals surface area contributed by atoms with E-state index in [1.54, 1.807) is 4.90 Å². The van der Waals surface area contributed by atoms with E-state index in [1.807, 2.05) is 58.0 Å². The molecular weight excluding hydrogens is 446 g/mol. The normalized spacial score (nSPS) is 31.5. The fraction of sp³-hybridized carbons (Fsp3) is 0.667. The summed E-state index contributed by atoms with van der Waals surface area (Å²) in [5.41, 5.74) is -1.28. The standard InChI is InChI=1S/C27H39N3O5/c1-25(2,3)29-23(33)21-27-14-13-26(4,35-27)19(22(32)28-17-18-11-7-5-8-12-18)20(27)24(34)30(21)15-9-6-10-16-31/h5,7-8,11-12,19-21,31H,6,9-10,13-17H2,1-4H3,(H,28,32)(H,29,33)/t19-,20-,21?,26+,27?/m0/s1. The molecule has 5 atom stereocenters. The molecule has 3 heterocycles. The highest BCUT2D eigenvalue weighted by Gasteiger charge is 2.77. The number of fused-ring (bicyclic) bond motifs is 1. The van der Waals surface area contributed by atoms with Gasteiger partial charge in [-0.3, -0.25) is 14.4 Å². The maximum Gasteiger partial charge on any atom is 0.246 e. The van der Waals surface area contributed by atoms with Gasteiger partial charge in [0.05, 0.1) is 17.4 Å². The largest absolute Gasteiger partial charge is 0.396 e. The summed E-state index contributed by atoms with van der Waals surface area (Å²) in [5, 5.41) is 15.2. The van der Waals surface area contributed by atoms with E-state index in [9.17, 15) is 14.4 Å². The van der Waals surface area contributed by atoms with Crippen molar-refractivity contribution in [3.05, 3.63) is 35.9 Å². The highest BCUT2D eigenvalue weighted by atomic mass is 16.5. The van der Waals surface area contributed by atoms with Crippen LogP contribution in [0.3, 0.4) is 0 Å². The van der Waals surface area contributed by atoms with Gasteiger partial charge in [0.15, 0.2) is 0 Å². The number of amides is 3. The third-order valence-corrected chi connectivity index (χ3v) is 7.67. The van der Waals surface area contributed by atoms with Gasteiger partial charge in [0, 0.05) is 25.2 Å². The van der Waals surface area contributed by atoms with E-state index >= 15 is 0 Å². The van der Waals surface area contributed by atoms with Gasteiger partial charge in [-0.1, -0.05) is 30.3 Å². The molecule has 2 unspecified atom stereocenters. The fourth-order valence-electron chi connectivity index (χ4n) is 6.27. The Labute approximate surface area is 207 Å². The molecule has 8 heteroatoms. The second-order valence-corrected chi connectivity index (χ2v) is 11.5. The first-order valence-corrected chi connectivity index (χ1v) is 12.8. The van der Waals surface area contributed by atoms with E-state index in [2.05, 4.69) is 10.6 Å². The average molecular weight is 486 g/mol. The van der Waals surface area contributed by atoms with Crippen molar-refractivity contribution in [1.29, 1.82) is 0 Å². The van der Waals surface area contributed by atoms with E-state index in [-0.39, 0.29) is 24.3 Å². The molecule has 2 bridgehead atoms. The zero-order chi connectivity index (χ0) is 25.4. The summed E-state index contributed by atoms with van der Waals surface area (Å²) >= 11 is 0. The molecular formula is C27H39N3O5. The highest BCUT2D eigenvalue weighted by Crippen LogP contribution is 2.63. The SMILES string of the molecule is CC(C)(C)NC(=O)C1N(CCCCCO)C(=O)[C@@H]2[C@@H](C(=O)NCc3ccccc3)[C@@]3(C)CCC12O3. The molecule has 35 heavy (non-hydrogen) atoms. The molecule has 4 rings (SSSR count). The second-order valence-electron chi connectivity index (χ2n) is 11.5. The number of aliphatic hydroxyl groups excluding tert-OH is 1. The fourth-order valence-corrected chi connectivity index (χ4v) is 6.27. The quantitative estimate of drug-likeness (QED) is 0.465. The van der Waals surface area contributed by atoms with Crippen LogP contribution in [0, 0.1) is 11.8 Å². The van der Waals surface area contributed by atoms with Crippen LogP contribution in [0.4, 0.5) is 0 Å². The molecule has 0 saturated carbocycles. The molecule has 0 aromatic heterocycles. The average Bonchev–Trinajstić information content (AvgIpc) is 3.35. The Morgan fingerprint density at radius 2 is 1.83 bits per heavy atom. The van der Waals surface area contributed by atoms with Crippen molar-refractivity contribution < 1.29 is 24.2 Å². The molecule has 1 aromatic carbocycles. The molecule has 3 fully saturated rings. The van der Waals surface area contributed by atoms with Gasteiger partial charge in [-0.15, -0.1) is 0 Å². The number of hydrogen-bond acceptors (Lipinski definition) is 5. The lowest BCUT2D eigenvalue weighted by Crippen LogP contribution is -2.58. The zero-order valence-corrected chi connectivity index (χ0v) is 21.3. The zero-order valence-electron chi connectivity index (χ0n) is 21.3. The summed E-state index contributed by atoms with van der Waals surface area (Å²) in [6.07, 6.45) is 3.27. The summed E-state index contributed by atoms with van der Waals surface area (Å²) < 4.78 is 6.61. The molecule has 3 saturated heterocycles. The molecule has 3 amide bonds. The first-order chi connectivity index (χ1) is 16.5. The van der Waals surface area contributed by atoms with Crippen LogP contribution >= 0.6 is 0 Å². The number of nitrogens with one attached hydrogen (secondary N) is 2. The van der Waals surface area contributed by atoms with Crippen molar-refractivity contribution in [1.82, 2.24) is 15.5 Å². The van der Waals surface area contributed by atoms with Gasteiger partial charge < -0.3 is 25.4 Å². The topological polar surface area (TPSA) is 108 Å². The number of carbonyl (C=O) groups excluding carboxylic acids is 3. The number of aliphatic hydroxyl groups is 1. The van der Waals surface area contributed by atoms with Gasteiger partial charge in [0.25, 0.3) is 0 Å². The van der Waals surface area contributed by atoms with Crippen LogP contribution in [0.1, 0.15) is 65.4 Å². The lowest BCUT2D eigenvalue weighted by Gasteiger charge is -2.35. The lowest BCUT2D eigenvalue weighted by molar-refractivity contribution is -0.146. The van der Waals surface area contributed by atoms with E-state index in [4.69, 9.17) is 9.84 Å². The Kier molecular flexibility index (Phi) is 6.99. The van der Waals surface area contributed by atoms with Gasteiger partial charge in [0.2, 0.25) is 17.7 Å². The predicted molar refractivity (Wildman–Crippen MR) is 131 cm³/mol. The van der Waals surface area contributed by atoms with E-state index in [0.717, 1.165) is 12.0 Å². The molecule has 1 aromatic rings. The van der Waals surface area contributed by atoms with Crippen LogP contribution < -0.4 is 10.6 Å². The van der Waals surface area contributed by atoms with Crippen LogP contribution in [0.15, 0.2) is 30.3 Å². The lowest BCUT2D eigenvalue weighted by atomic mass is 9.66. The predicted octanol–water partition coefficient (Wildman–Crippen LogP) is 2.14.